The minimum absolute atomic E-state index is 0. The second-order valence-corrected chi connectivity index (χ2v) is 12.2. The Hall–Kier alpha value is -0.370. The average Bonchev–Trinajstić information content (AvgIpc) is 2.99. The molecule has 0 aromatic carbocycles. The molecule has 0 spiro atoms. The highest BCUT2D eigenvalue weighted by atomic mass is 19.0. The minimum Gasteiger partial charge on any atom is -0.393 e. The zero-order valence-electron chi connectivity index (χ0n) is 19.8. The molecule has 0 heterocycles. The molecular formula is C27H47FO. The van der Waals surface area contributed by atoms with Crippen LogP contribution in [0, 0.1) is 46.3 Å². The van der Waals surface area contributed by atoms with Gasteiger partial charge in [0.2, 0.25) is 0 Å². The molecule has 0 aliphatic heterocycles. The maximum absolute atomic E-state index is 10.2. The van der Waals surface area contributed by atoms with E-state index in [-0.39, 0.29) is 10.8 Å². The Labute approximate surface area is 179 Å². The SMILES string of the molecule is CC(C)CCC[C@@H](C)[C@H]1CC[C@H]2[C@@H]3CC=C4C[C@@H](O)CC[C@]4(C)[C@H]3CC[C@]12C.F. The molecule has 0 amide bonds. The van der Waals surface area contributed by atoms with Crippen molar-refractivity contribution < 1.29 is 9.81 Å². The van der Waals surface area contributed by atoms with E-state index in [0.717, 1.165) is 48.3 Å². The lowest BCUT2D eigenvalue weighted by molar-refractivity contribution is -0.0573. The first-order chi connectivity index (χ1) is 13.3. The van der Waals surface area contributed by atoms with E-state index in [2.05, 4.69) is 40.7 Å². The summed E-state index contributed by atoms with van der Waals surface area (Å²) >= 11 is 0. The summed E-state index contributed by atoms with van der Waals surface area (Å²) in [5.41, 5.74) is 2.60. The topological polar surface area (TPSA) is 20.2 Å². The zero-order chi connectivity index (χ0) is 20.1. The van der Waals surface area contributed by atoms with Crippen molar-refractivity contribution in [2.45, 2.75) is 111 Å². The van der Waals surface area contributed by atoms with Crippen molar-refractivity contribution >= 4 is 0 Å². The first-order valence-electron chi connectivity index (χ1n) is 12.6. The van der Waals surface area contributed by atoms with Gasteiger partial charge in [-0.2, -0.15) is 0 Å². The molecule has 0 aromatic heterocycles. The fourth-order valence-corrected chi connectivity index (χ4v) is 8.67. The van der Waals surface area contributed by atoms with E-state index < -0.39 is 0 Å². The van der Waals surface area contributed by atoms with Gasteiger partial charge in [-0.25, -0.2) is 0 Å². The molecule has 29 heavy (non-hydrogen) atoms. The Balaban J connectivity index is 0.00000240. The molecule has 0 aromatic rings. The average molecular weight is 407 g/mol. The summed E-state index contributed by atoms with van der Waals surface area (Å²) in [6.07, 6.45) is 17.2. The summed E-state index contributed by atoms with van der Waals surface area (Å²) in [6.45, 7) is 12.6. The van der Waals surface area contributed by atoms with Crippen LogP contribution in [-0.2, 0) is 0 Å². The van der Waals surface area contributed by atoms with Crippen LogP contribution in [0.3, 0.4) is 0 Å². The summed E-state index contributed by atoms with van der Waals surface area (Å²) in [5.74, 6) is 5.46. The van der Waals surface area contributed by atoms with Crippen LogP contribution in [0.1, 0.15) is 105 Å². The summed E-state index contributed by atoms with van der Waals surface area (Å²) < 4.78 is 0. The first-order valence-corrected chi connectivity index (χ1v) is 12.6. The molecular weight excluding hydrogens is 359 g/mol. The van der Waals surface area contributed by atoms with Gasteiger partial charge in [-0.3, -0.25) is 4.70 Å². The van der Waals surface area contributed by atoms with Crippen LogP contribution in [-0.4, -0.2) is 11.2 Å². The van der Waals surface area contributed by atoms with Crippen LogP contribution in [0.25, 0.3) is 0 Å². The highest BCUT2D eigenvalue weighted by molar-refractivity contribution is 5.25. The van der Waals surface area contributed by atoms with Crippen molar-refractivity contribution in [3.05, 3.63) is 11.6 Å². The Bertz CT molecular complexity index is 597. The highest BCUT2D eigenvalue weighted by Gasteiger charge is 2.59. The van der Waals surface area contributed by atoms with Gasteiger partial charge in [-0.15, -0.1) is 0 Å². The van der Waals surface area contributed by atoms with Crippen LogP contribution < -0.4 is 0 Å². The van der Waals surface area contributed by atoms with E-state index in [9.17, 15) is 5.11 Å². The second kappa shape index (κ2) is 8.64. The van der Waals surface area contributed by atoms with Gasteiger partial charge in [0.15, 0.2) is 0 Å². The molecule has 3 saturated carbocycles. The number of hydrogen-bond acceptors (Lipinski definition) is 1. The fraction of sp³-hybridized carbons (Fsp3) is 0.926. The minimum atomic E-state index is -0.0766. The molecule has 8 atom stereocenters. The van der Waals surface area contributed by atoms with Crippen molar-refractivity contribution in [1.29, 1.82) is 0 Å². The lowest BCUT2D eigenvalue weighted by Crippen LogP contribution is -2.50. The summed E-state index contributed by atoms with van der Waals surface area (Å²) in [5, 5.41) is 10.2. The van der Waals surface area contributed by atoms with Crippen LogP contribution in [0.2, 0.25) is 0 Å². The number of fused-ring (bicyclic) bond motifs is 5. The van der Waals surface area contributed by atoms with Crippen LogP contribution in [0.5, 0.6) is 0 Å². The smallest absolute Gasteiger partial charge is 0.0577 e. The Kier molecular flexibility index (Phi) is 6.94. The van der Waals surface area contributed by atoms with Crippen molar-refractivity contribution in [3.63, 3.8) is 0 Å². The van der Waals surface area contributed by atoms with Gasteiger partial charge >= 0.3 is 0 Å². The number of hydrogen-bond donors (Lipinski definition) is 1. The van der Waals surface area contributed by atoms with Gasteiger partial charge in [0.05, 0.1) is 6.10 Å². The third-order valence-corrected chi connectivity index (χ3v) is 10.3. The number of rotatable bonds is 5. The summed E-state index contributed by atoms with van der Waals surface area (Å²) in [6, 6.07) is 0. The van der Waals surface area contributed by atoms with Gasteiger partial charge < -0.3 is 5.11 Å². The highest BCUT2D eigenvalue weighted by Crippen LogP contribution is 2.67. The maximum atomic E-state index is 10.2. The number of aliphatic hydroxyl groups is 1. The van der Waals surface area contributed by atoms with Crippen molar-refractivity contribution in [1.82, 2.24) is 0 Å². The molecule has 3 fully saturated rings. The van der Waals surface area contributed by atoms with Crippen LogP contribution in [0.4, 0.5) is 4.70 Å². The third kappa shape index (κ3) is 3.97. The van der Waals surface area contributed by atoms with Gasteiger partial charge in [-0.1, -0.05) is 65.5 Å². The van der Waals surface area contributed by atoms with Crippen LogP contribution in [0.15, 0.2) is 11.6 Å². The lowest BCUT2D eigenvalue weighted by atomic mass is 9.47. The molecule has 2 heteroatoms. The number of halogens is 1. The van der Waals surface area contributed by atoms with Crippen molar-refractivity contribution in [2.75, 3.05) is 0 Å². The molecule has 0 radical (unpaired) electrons. The van der Waals surface area contributed by atoms with E-state index in [1.807, 2.05) is 0 Å². The molecule has 168 valence electrons. The van der Waals surface area contributed by atoms with Crippen molar-refractivity contribution in [2.24, 2.45) is 46.3 Å². The van der Waals surface area contributed by atoms with Gasteiger partial charge in [0, 0.05) is 0 Å². The van der Waals surface area contributed by atoms with Gasteiger partial charge in [-0.05, 0) is 97.7 Å². The lowest BCUT2D eigenvalue weighted by Gasteiger charge is -2.58. The monoisotopic (exact) mass is 406 g/mol. The van der Waals surface area contributed by atoms with E-state index in [4.69, 9.17) is 0 Å². The Morgan fingerprint density at radius 3 is 2.48 bits per heavy atom. The Morgan fingerprint density at radius 1 is 1.00 bits per heavy atom. The molecule has 0 bridgehead atoms. The molecule has 0 unspecified atom stereocenters. The zero-order valence-corrected chi connectivity index (χ0v) is 19.8. The van der Waals surface area contributed by atoms with Crippen molar-refractivity contribution in [3.8, 4) is 0 Å². The number of allylic oxidation sites excluding steroid dienone is 1. The molecule has 0 saturated heterocycles. The summed E-state index contributed by atoms with van der Waals surface area (Å²) in [4.78, 5) is 0. The standard InChI is InChI=1S/C27H46O.FH/c1-18(2)7-6-8-19(3)23-11-12-24-22-10-9-20-17-21(28)13-15-26(20,4)25(22)14-16-27(23,24)5;/h9,18-19,21-25,28H,6-8,10-17H2,1-5H3;1H/t19-,21+,22+,23-,24+,25+,26+,27-;/m1./s1. The Morgan fingerprint density at radius 2 is 1.76 bits per heavy atom. The van der Waals surface area contributed by atoms with E-state index in [0.29, 0.717) is 10.8 Å². The quantitative estimate of drug-likeness (QED) is 0.467. The second-order valence-electron chi connectivity index (χ2n) is 12.2. The van der Waals surface area contributed by atoms with E-state index >= 15 is 0 Å². The largest absolute Gasteiger partial charge is 0.393 e. The predicted octanol–water partition coefficient (Wildman–Crippen LogP) is 7.54. The molecule has 1 N–H and O–H groups in total. The molecule has 4 aliphatic rings. The normalized spacial score (nSPS) is 44.9. The maximum Gasteiger partial charge on any atom is 0.0577 e. The van der Waals surface area contributed by atoms with E-state index in [1.165, 1.54) is 57.8 Å². The van der Waals surface area contributed by atoms with Gasteiger partial charge in [0.1, 0.15) is 0 Å². The predicted molar refractivity (Wildman–Crippen MR) is 122 cm³/mol. The fourth-order valence-electron chi connectivity index (χ4n) is 8.67. The van der Waals surface area contributed by atoms with Crippen LogP contribution >= 0.6 is 0 Å². The van der Waals surface area contributed by atoms with E-state index in [1.54, 1.807) is 5.57 Å². The third-order valence-electron chi connectivity index (χ3n) is 10.3. The molecule has 1 nitrogen and oxygen atoms in total. The van der Waals surface area contributed by atoms with Gasteiger partial charge in [0.25, 0.3) is 0 Å². The molecule has 4 aliphatic carbocycles. The number of aliphatic hydroxyl groups excluding tert-OH is 1. The summed E-state index contributed by atoms with van der Waals surface area (Å²) in [7, 11) is 0. The first kappa shape index (κ1) is 23.3. The molecule has 4 rings (SSSR count).